The Bertz CT molecular complexity index is 1150. The van der Waals surface area contributed by atoms with E-state index in [0.29, 0.717) is 17.2 Å². The number of carboxylic acids is 1. The molecule has 1 aromatic heterocycles. The molecular formula is C22H21ClN2O5S. The Morgan fingerprint density at radius 1 is 1.13 bits per heavy atom. The molecule has 0 spiro atoms. The van der Waals surface area contributed by atoms with Crippen LogP contribution in [0.4, 0.5) is 5.82 Å². The Morgan fingerprint density at radius 2 is 1.81 bits per heavy atom. The second-order valence-electron chi connectivity index (χ2n) is 6.93. The van der Waals surface area contributed by atoms with Crippen LogP contribution in [-0.2, 0) is 21.2 Å². The third-order valence-corrected chi connectivity index (χ3v) is 6.19. The van der Waals surface area contributed by atoms with Crippen molar-refractivity contribution < 1.29 is 23.1 Å². The molecule has 0 aliphatic rings. The van der Waals surface area contributed by atoms with Gasteiger partial charge in [-0.3, -0.25) is 4.72 Å². The zero-order valence-corrected chi connectivity index (χ0v) is 18.2. The van der Waals surface area contributed by atoms with Gasteiger partial charge >= 0.3 is 5.97 Å². The van der Waals surface area contributed by atoms with Gasteiger partial charge in [-0.2, -0.15) is 0 Å². The average Bonchev–Trinajstić information content (AvgIpc) is 2.74. The van der Waals surface area contributed by atoms with E-state index in [1.54, 1.807) is 18.2 Å². The molecule has 0 saturated carbocycles. The highest BCUT2D eigenvalue weighted by atomic mass is 35.5. The van der Waals surface area contributed by atoms with Crippen LogP contribution in [0, 0.1) is 0 Å². The number of benzene rings is 2. The molecule has 31 heavy (non-hydrogen) atoms. The summed E-state index contributed by atoms with van der Waals surface area (Å²) in [6.07, 6.45) is 2.07. The minimum Gasteiger partial charge on any atom is -0.482 e. The molecule has 3 rings (SSSR count). The quantitative estimate of drug-likeness (QED) is 0.492. The molecule has 1 heterocycles. The average molecular weight is 461 g/mol. The van der Waals surface area contributed by atoms with Gasteiger partial charge in [0.05, 0.1) is 4.90 Å². The minimum atomic E-state index is -3.81. The van der Waals surface area contributed by atoms with Gasteiger partial charge in [-0.05, 0) is 65.9 Å². The predicted molar refractivity (Wildman–Crippen MR) is 118 cm³/mol. The van der Waals surface area contributed by atoms with Crippen molar-refractivity contribution in [2.45, 2.75) is 24.2 Å². The number of carboxylic acid groups (broad SMARTS) is 1. The summed E-state index contributed by atoms with van der Waals surface area (Å²) >= 11 is 5.84. The van der Waals surface area contributed by atoms with E-state index in [1.807, 2.05) is 25.1 Å². The molecule has 2 aromatic carbocycles. The first-order chi connectivity index (χ1) is 14.7. The summed E-state index contributed by atoms with van der Waals surface area (Å²) in [6.45, 7) is 1.61. The molecule has 2 N–H and O–H groups in total. The number of nitrogens with one attached hydrogen (secondary N) is 1. The molecule has 0 radical (unpaired) electrons. The van der Waals surface area contributed by atoms with Gasteiger partial charge in [0, 0.05) is 11.2 Å². The van der Waals surface area contributed by atoms with Crippen LogP contribution in [0.25, 0.3) is 0 Å². The second kappa shape index (κ2) is 9.80. The lowest BCUT2D eigenvalue weighted by atomic mass is 9.94. The smallest absolute Gasteiger partial charge is 0.341 e. The molecule has 162 valence electrons. The first kappa shape index (κ1) is 22.6. The fraction of sp³-hybridized carbons (Fsp3) is 0.182. The number of hydrogen-bond donors (Lipinski definition) is 2. The number of aromatic nitrogens is 1. The van der Waals surface area contributed by atoms with Gasteiger partial charge < -0.3 is 9.84 Å². The van der Waals surface area contributed by atoms with Crippen LogP contribution in [0.5, 0.6) is 5.75 Å². The molecule has 0 bridgehead atoms. The van der Waals surface area contributed by atoms with Gasteiger partial charge in [0.15, 0.2) is 6.61 Å². The summed E-state index contributed by atoms with van der Waals surface area (Å²) in [5.41, 5.74) is 1.75. The molecule has 7 nitrogen and oxygen atoms in total. The topological polar surface area (TPSA) is 106 Å². The van der Waals surface area contributed by atoms with Crippen LogP contribution in [0.1, 0.15) is 24.0 Å². The Balaban J connectivity index is 1.74. The second-order valence-corrected chi connectivity index (χ2v) is 9.05. The maximum Gasteiger partial charge on any atom is 0.341 e. The Labute approximate surface area is 185 Å². The number of rotatable bonds is 9. The maximum absolute atomic E-state index is 12.7. The number of sulfonamides is 1. The van der Waals surface area contributed by atoms with E-state index in [1.165, 1.54) is 30.5 Å². The summed E-state index contributed by atoms with van der Waals surface area (Å²) in [5, 5.41) is 9.14. The van der Waals surface area contributed by atoms with Gasteiger partial charge in [-0.1, -0.05) is 36.7 Å². The summed E-state index contributed by atoms with van der Waals surface area (Å²) in [4.78, 5) is 14.9. The molecule has 0 aliphatic heterocycles. The highest BCUT2D eigenvalue weighted by Gasteiger charge is 2.18. The molecule has 3 aromatic rings. The van der Waals surface area contributed by atoms with Crippen molar-refractivity contribution in [3.05, 3.63) is 83.0 Å². The van der Waals surface area contributed by atoms with Crippen molar-refractivity contribution in [2.75, 3.05) is 11.3 Å². The van der Waals surface area contributed by atoms with Crippen LogP contribution in [0.15, 0.2) is 71.8 Å². The summed E-state index contributed by atoms with van der Waals surface area (Å²) in [7, 11) is -3.81. The number of pyridine rings is 1. The molecule has 1 atom stereocenters. The van der Waals surface area contributed by atoms with Crippen molar-refractivity contribution in [3.8, 4) is 5.75 Å². The standard InChI is InChI=1S/C22H21ClN2O5S/c1-15(16-4-8-19(9-5-16)30-14-21(26)27)13-17-3-2-12-24-22(17)25-31(28,29)20-10-6-18(23)7-11-20/h2-12,15H,13-14H2,1H3,(H,24,25)(H,26,27). The molecule has 1 unspecified atom stereocenters. The van der Waals surface area contributed by atoms with E-state index in [2.05, 4.69) is 9.71 Å². The van der Waals surface area contributed by atoms with E-state index in [9.17, 15) is 13.2 Å². The molecule has 0 saturated heterocycles. The van der Waals surface area contributed by atoms with Crippen LogP contribution >= 0.6 is 11.6 Å². The molecule has 0 aliphatic carbocycles. The number of anilines is 1. The number of ether oxygens (including phenoxy) is 1. The van der Waals surface area contributed by atoms with E-state index in [-0.39, 0.29) is 16.6 Å². The van der Waals surface area contributed by atoms with Gasteiger partial charge in [0.1, 0.15) is 11.6 Å². The summed E-state index contributed by atoms with van der Waals surface area (Å²) in [6, 6.07) is 16.6. The highest BCUT2D eigenvalue weighted by Crippen LogP contribution is 2.27. The normalized spacial score (nSPS) is 12.2. The first-order valence-electron chi connectivity index (χ1n) is 9.41. The maximum atomic E-state index is 12.7. The largest absolute Gasteiger partial charge is 0.482 e. The predicted octanol–water partition coefficient (Wildman–Crippen LogP) is 4.35. The number of nitrogens with zero attached hydrogens (tertiary/aromatic N) is 1. The fourth-order valence-electron chi connectivity index (χ4n) is 2.98. The molecule has 0 amide bonds. The van der Waals surface area contributed by atoms with Gasteiger partial charge in [-0.25, -0.2) is 18.2 Å². The van der Waals surface area contributed by atoms with Crippen molar-refractivity contribution in [2.24, 2.45) is 0 Å². The number of carbonyl (C=O) groups is 1. The number of hydrogen-bond acceptors (Lipinski definition) is 5. The van der Waals surface area contributed by atoms with Crippen LogP contribution in [0.2, 0.25) is 5.02 Å². The van der Waals surface area contributed by atoms with Gasteiger partial charge in [0.25, 0.3) is 10.0 Å². The Morgan fingerprint density at radius 3 is 2.45 bits per heavy atom. The Hall–Kier alpha value is -3.10. The lowest BCUT2D eigenvalue weighted by molar-refractivity contribution is -0.139. The van der Waals surface area contributed by atoms with E-state index < -0.39 is 22.6 Å². The fourth-order valence-corrected chi connectivity index (χ4v) is 4.16. The lowest BCUT2D eigenvalue weighted by Crippen LogP contribution is -2.16. The SMILES string of the molecule is CC(Cc1cccnc1NS(=O)(=O)c1ccc(Cl)cc1)c1ccc(OCC(=O)O)cc1. The van der Waals surface area contributed by atoms with Crippen molar-refractivity contribution in [1.29, 1.82) is 0 Å². The number of aliphatic carboxylic acids is 1. The van der Waals surface area contributed by atoms with Gasteiger partial charge in [0.2, 0.25) is 0 Å². The zero-order chi connectivity index (χ0) is 22.4. The monoisotopic (exact) mass is 460 g/mol. The molecular weight excluding hydrogens is 440 g/mol. The van der Waals surface area contributed by atoms with E-state index in [0.717, 1.165) is 11.1 Å². The zero-order valence-electron chi connectivity index (χ0n) is 16.7. The van der Waals surface area contributed by atoms with E-state index >= 15 is 0 Å². The third-order valence-electron chi connectivity index (χ3n) is 4.58. The Kier molecular flexibility index (Phi) is 7.14. The van der Waals surface area contributed by atoms with Gasteiger partial charge in [-0.15, -0.1) is 0 Å². The van der Waals surface area contributed by atoms with Crippen molar-refractivity contribution >= 4 is 33.4 Å². The van der Waals surface area contributed by atoms with Crippen molar-refractivity contribution in [3.63, 3.8) is 0 Å². The van der Waals surface area contributed by atoms with Crippen LogP contribution in [-0.4, -0.2) is 31.1 Å². The van der Waals surface area contributed by atoms with Crippen LogP contribution in [0.3, 0.4) is 0 Å². The minimum absolute atomic E-state index is 0.0523. The highest BCUT2D eigenvalue weighted by molar-refractivity contribution is 7.92. The third kappa shape index (κ3) is 6.19. The number of halogens is 1. The molecule has 9 heteroatoms. The first-order valence-corrected chi connectivity index (χ1v) is 11.3. The summed E-state index contributed by atoms with van der Waals surface area (Å²) < 4.78 is 33.1. The van der Waals surface area contributed by atoms with E-state index in [4.69, 9.17) is 21.4 Å². The van der Waals surface area contributed by atoms with Crippen LogP contribution < -0.4 is 9.46 Å². The van der Waals surface area contributed by atoms with Crippen molar-refractivity contribution in [1.82, 2.24) is 4.98 Å². The molecule has 0 fully saturated rings. The summed E-state index contributed by atoms with van der Waals surface area (Å²) in [5.74, 6) is -0.249. The lowest BCUT2D eigenvalue weighted by Gasteiger charge is -2.16.